The van der Waals surface area contributed by atoms with E-state index in [2.05, 4.69) is 25.9 Å². The highest BCUT2D eigenvalue weighted by atomic mass is 79.9. The van der Waals surface area contributed by atoms with E-state index in [9.17, 15) is 9.18 Å². The Balaban J connectivity index is 2.17. The van der Waals surface area contributed by atoms with Crippen molar-refractivity contribution in [2.75, 3.05) is 0 Å². The highest BCUT2D eigenvalue weighted by molar-refractivity contribution is 9.10. The van der Waals surface area contributed by atoms with Gasteiger partial charge in [0.25, 0.3) is 0 Å². The lowest BCUT2D eigenvalue weighted by atomic mass is 10.0. The van der Waals surface area contributed by atoms with E-state index in [0.717, 1.165) is 5.39 Å². The third-order valence-electron chi connectivity index (χ3n) is 2.89. The van der Waals surface area contributed by atoms with Gasteiger partial charge >= 0.3 is 0 Å². The molecule has 0 amide bonds. The van der Waals surface area contributed by atoms with E-state index in [1.165, 1.54) is 12.1 Å². The lowest BCUT2D eigenvalue weighted by molar-refractivity contribution is 0.103. The Morgan fingerprint density at radius 3 is 2.89 bits per heavy atom. The molecule has 2 aromatic heterocycles. The predicted molar refractivity (Wildman–Crippen MR) is 73.6 cm³/mol. The molecule has 0 radical (unpaired) electrons. The summed E-state index contributed by atoms with van der Waals surface area (Å²) < 4.78 is 13.7. The molecular weight excluding hydrogens is 311 g/mol. The van der Waals surface area contributed by atoms with Gasteiger partial charge in [-0.15, -0.1) is 0 Å². The Bertz CT molecular complexity index is 782. The van der Waals surface area contributed by atoms with Crippen molar-refractivity contribution in [2.45, 2.75) is 0 Å². The normalized spacial score (nSPS) is 10.8. The molecule has 0 spiro atoms. The van der Waals surface area contributed by atoms with Crippen molar-refractivity contribution in [3.05, 3.63) is 64.1 Å². The fourth-order valence-electron chi connectivity index (χ4n) is 1.97. The molecule has 0 unspecified atom stereocenters. The van der Waals surface area contributed by atoms with E-state index >= 15 is 0 Å². The topological polar surface area (TPSA) is 45.8 Å². The minimum Gasteiger partial charge on any atom is -0.345 e. The Labute approximate surface area is 116 Å². The van der Waals surface area contributed by atoms with Crippen molar-refractivity contribution >= 4 is 32.7 Å². The number of fused-ring (bicyclic) bond motifs is 1. The smallest absolute Gasteiger partial charge is 0.196 e. The van der Waals surface area contributed by atoms with Gasteiger partial charge in [-0.3, -0.25) is 4.79 Å². The summed E-state index contributed by atoms with van der Waals surface area (Å²) in [5.74, 6) is -0.700. The maximum Gasteiger partial charge on any atom is 0.196 e. The van der Waals surface area contributed by atoms with Crippen LogP contribution in [0.15, 0.2) is 47.2 Å². The number of nitrogens with one attached hydrogen (secondary N) is 1. The molecule has 3 nitrogen and oxygen atoms in total. The van der Waals surface area contributed by atoms with Crippen LogP contribution < -0.4 is 0 Å². The van der Waals surface area contributed by atoms with E-state index < -0.39 is 5.82 Å². The first-order valence-electron chi connectivity index (χ1n) is 5.59. The summed E-state index contributed by atoms with van der Waals surface area (Å²) in [5, 5.41) is 0.726. The van der Waals surface area contributed by atoms with Gasteiger partial charge in [0.2, 0.25) is 0 Å². The molecule has 5 heteroatoms. The number of hydrogen-bond donors (Lipinski definition) is 1. The van der Waals surface area contributed by atoms with Crippen LogP contribution in [0.1, 0.15) is 15.9 Å². The molecule has 3 rings (SSSR count). The van der Waals surface area contributed by atoms with Gasteiger partial charge in [0.15, 0.2) is 5.78 Å². The first kappa shape index (κ1) is 12.0. The third-order valence-corrected chi connectivity index (χ3v) is 3.70. The summed E-state index contributed by atoms with van der Waals surface area (Å²) in [6.07, 6.45) is 3.24. The van der Waals surface area contributed by atoms with Crippen LogP contribution in [0.25, 0.3) is 11.0 Å². The number of carbonyl (C=O) groups excluding carboxylic acids is 1. The van der Waals surface area contributed by atoms with E-state index in [0.29, 0.717) is 16.8 Å². The van der Waals surface area contributed by atoms with Crippen molar-refractivity contribution in [3.63, 3.8) is 0 Å². The third kappa shape index (κ3) is 1.96. The number of carbonyl (C=O) groups is 1. The van der Waals surface area contributed by atoms with Crippen molar-refractivity contribution in [1.29, 1.82) is 0 Å². The molecule has 0 atom stereocenters. The Morgan fingerprint density at radius 2 is 2.05 bits per heavy atom. The van der Waals surface area contributed by atoms with Crippen LogP contribution in [-0.2, 0) is 0 Å². The number of halogens is 2. The van der Waals surface area contributed by atoms with Gasteiger partial charge in [0.05, 0.1) is 4.47 Å². The molecule has 0 saturated heterocycles. The van der Waals surface area contributed by atoms with Crippen LogP contribution in [0.2, 0.25) is 0 Å². The minimum atomic E-state index is -0.455. The molecule has 0 aliphatic carbocycles. The van der Waals surface area contributed by atoms with Crippen LogP contribution in [0, 0.1) is 5.82 Å². The second kappa shape index (κ2) is 4.59. The molecule has 3 aromatic rings. The molecule has 19 heavy (non-hydrogen) atoms. The number of ketones is 1. The maximum atomic E-state index is 13.5. The fourth-order valence-corrected chi connectivity index (χ4v) is 2.41. The number of aromatic nitrogens is 2. The number of nitrogens with zero attached hydrogens (tertiary/aromatic N) is 1. The summed E-state index contributed by atoms with van der Waals surface area (Å²) in [6.45, 7) is 0. The van der Waals surface area contributed by atoms with E-state index in [1.54, 1.807) is 30.6 Å². The average Bonchev–Trinajstić information content (AvgIpc) is 2.85. The second-order valence-electron chi connectivity index (χ2n) is 4.03. The zero-order valence-electron chi connectivity index (χ0n) is 9.65. The molecule has 0 bridgehead atoms. The molecule has 2 heterocycles. The average molecular weight is 319 g/mol. The molecular formula is C14H8BrFN2O. The highest BCUT2D eigenvalue weighted by Gasteiger charge is 2.18. The van der Waals surface area contributed by atoms with Crippen molar-refractivity contribution in [1.82, 2.24) is 9.97 Å². The van der Waals surface area contributed by atoms with Crippen molar-refractivity contribution in [2.24, 2.45) is 0 Å². The quantitative estimate of drug-likeness (QED) is 0.732. The summed E-state index contributed by atoms with van der Waals surface area (Å²) in [6, 6.07) is 7.97. The molecule has 0 aliphatic heterocycles. The molecule has 0 aliphatic rings. The Morgan fingerprint density at radius 1 is 1.21 bits per heavy atom. The van der Waals surface area contributed by atoms with Crippen LogP contribution in [0.5, 0.6) is 0 Å². The monoisotopic (exact) mass is 318 g/mol. The summed E-state index contributed by atoms with van der Waals surface area (Å²) in [4.78, 5) is 19.5. The molecule has 1 N–H and O–H groups in total. The SMILES string of the molecule is O=C(c1cccc(F)c1Br)c1c[nH]c2ncccc12. The number of hydrogen-bond acceptors (Lipinski definition) is 2. The van der Waals surface area contributed by atoms with E-state index in [4.69, 9.17) is 0 Å². The zero-order valence-corrected chi connectivity index (χ0v) is 11.2. The molecule has 0 saturated carbocycles. The number of H-pyrrole nitrogens is 1. The lowest BCUT2D eigenvalue weighted by Crippen LogP contribution is -2.02. The minimum absolute atomic E-state index is 0.179. The van der Waals surface area contributed by atoms with Crippen LogP contribution in [0.4, 0.5) is 4.39 Å². The summed E-state index contributed by atoms with van der Waals surface area (Å²) in [7, 11) is 0. The first-order valence-corrected chi connectivity index (χ1v) is 6.38. The molecule has 94 valence electrons. The number of pyridine rings is 1. The van der Waals surface area contributed by atoms with Gasteiger partial charge < -0.3 is 4.98 Å². The Hall–Kier alpha value is -2.01. The van der Waals surface area contributed by atoms with Gasteiger partial charge in [-0.25, -0.2) is 9.37 Å². The molecule has 0 fully saturated rings. The van der Waals surface area contributed by atoms with Crippen LogP contribution in [-0.4, -0.2) is 15.8 Å². The Kier molecular flexibility index (Phi) is 2.91. The summed E-state index contributed by atoms with van der Waals surface area (Å²) >= 11 is 3.11. The maximum absolute atomic E-state index is 13.5. The number of benzene rings is 1. The van der Waals surface area contributed by atoms with Crippen LogP contribution in [0.3, 0.4) is 0 Å². The zero-order chi connectivity index (χ0) is 13.4. The predicted octanol–water partition coefficient (Wildman–Crippen LogP) is 3.70. The largest absolute Gasteiger partial charge is 0.345 e. The van der Waals surface area contributed by atoms with Crippen molar-refractivity contribution < 1.29 is 9.18 Å². The lowest BCUT2D eigenvalue weighted by Gasteiger charge is -2.03. The van der Waals surface area contributed by atoms with Gasteiger partial charge in [-0.1, -0.05) is 6.07 Å². The highest BCUT2D eigenvalue weighted by Crippen LogP contribution is 2.25. The van der Waals surface area contributed by atoms with Gasteiger partial charge in [0, 0.05) is 28.9 Å². The number of aromatic amines is 1. The van der Waals surface area contributed by atoms with Gasteiger partial charge in [-0.05, 0) is 40.2 Å². The fraction of sp³-hybridized carbons (Fsp3) is 0. The molecule has 1 aromatic carbocycles. The summed E-state index contributed by atoms with van der Waals surface area (Å²) in [5.41, 5.74) is 1.41. The van der Waals surface area contributed by atoms with Crippen LogP contribution >= 0.6 is 15.9 Å². The standard InChI is InChI=1S/C14H8BrFN2O/c15-12-9(3-1-5-11(12)16)13(19)10-7-18-14-8(10)4-2-6-17-14/h1-7H,(H,17,18). The van der Waals surface area contributed by atoms with Gasteiger partial charge in [-0.2, -0.15) is 0 Å². The van der Waals surface area contributed by atoms with Crippen molar-refractivity contribution in [3.8, 4) is 0 Å². The van der Waals surface area contributed by atoms with E-state index in [1.807, 2.05) is 0 Å². The number of rotatable bonds is 2. The first-order chi connectivity index (χ1) is 9.18. The second-order valence-corrected chi connectivity index (χ2v) is 4.83. The van der Waals surface area contributed by atoms with E-state index in [-0.39, 0.29) is 10.3 Å². The van der Waals surface area contributed by atoms with Gasteiger partial charge in [0.1, 0.15) is 11.5 Å².